The van der Waals surface area contributed by atoms with Crippen LogP contribution in [0.3, 0.4) is 0 Å². The molecular formula is C15H19N3O. The first-order chi connectivity index (χ1) is 9.08. The monoisotopic (exact) mass is 257 g/mol. The standard InChI is InChI=1S/C15H19N3O/c1-10(2)8-12-9-14(16-3)18-15(17-12)11-4-6-13(19)7-5-11/h4-7,9-10,19H,8H2,1-3H3,(H,16,17,18). The van der Waals surface area contributed by atoms with Gasteiger partial charge in [-0.25, -0.2) is 9.97 Å². The summed E-state index contributed by atoms with van der Waals surface area (Å²) in [6.45, 7) is 4.34. The number of nitrogens with zero attached hydrogens (tertiary/aromatic N) is 2. The lowest BCUT2D eigenvalue weighted by Gasteiger charge is -2.09. The summed E-state index contributed by atoms with van der Waals surface area (Å²) in [6, 6.07) is 8.91. The van der Waals surface area contributed by atoms with Crippen LogP contribution in [-0.4, -0.2) is 22.1 Å². The zero-order valence-corrected chi connectivity index (χ0v) is 11.5. The van der Waals surface area contributed by atoms with E-state index in [0.717, 1.165) is 23.5 Å². The number of anilines is 1. The third kappa shape index (κ3) is 3.44. The first-order valence-electron chi connectivity index (χ1n) is 6.43. The third-order valence-corrected chi connectivity index (χ3v) is 2.78. The molecule has 0 saturated carbocycles. The van der Waals surface area contributed by atoms with Gasteiger partial charge in [-0.1, -0.05) is 13.8 Å². The lowest BCUT2D eigenvalue weighted by molar-refractivity contribution is 0.475. The molecule has 0 amide bonds. The lowest BCUT2D eigenvalue weighted by Crippen LogP contribution is -2.03. The van der Waals surface area contributed by atoms with Gasteiger partial charge >= 0.3 is 0 Å². The van der Waals surface area contributed by atoms with Crippen molar-refractivity contribution in [1.82, 2.24) is 9.97 Å². The fourth-order valence-electron chi connectivity index (χ4n) is 1.89. The van der Waals surface area contributed by atoms with Gasteiger partial charge in [-0.15, -0.1) is 0 Å². The second-order valence-electron chi connectivity index (χ2n) is 4.96. The molecule has 0 saturated heterocycles. The Kier molecular flexibility index (Phi) is 4.00. The highest BCUT2D eigenvalue weighted by Crippen LogP contribution is 2.21. The Balaban J connectivity index is 2.41. The molecule has 0 spiro atoms. The van der Waals surface area contributed by atoms with Crippen LogP contribution in [0.25, 0.3) is 11.4 Å². The molecular weight excluding hydrogens is 238 g/mol. The van der Waals surface area contributed by atoms with Crippen LogP contribution in [0.15, 0.2) is 30.3 Å². The average Bonchev–Trinajstić information content (AvgIpc) is 2.38. The van der Waals surface area contributed by atoms with E-state index in [1.54, 1.807) is 12.1 Å². The first-order valence-corrected chi connectivity index (χ1v) is 6.43. The van der Waals surface area contributed by atoms with Gasteiger partial charge in [0.25, 0.3) is 0 Å². The van der Waals surface area contributed by atoms with Crippen molar-refractivity contribution >= 4 is 5.82 Å². The molecule has 100 valence electrons. The number of phenolic OH excluding ortho intramolecular Hbond substituents is 1. The van der Waals surface area contributed by atoms with E-state index in [9.17, 15) is 5.11 Å². The molecule has 0 atom stereocenters. The quantitative estimate of drug-likeness (QED) is 0.883. The second kappa shape index (κ2) is 5.69. The van der Waals surface area contributed by atoms with Crippen molar-refractivity contribution in [3.05, 3.63) is 36.0 Å². The largest absolute Gasteiger partial charge is 0.508 e. The average molecular weight is 257 g/mol. The summed E-state index contributed by atoms with van der Waals surface area (Å²) in [7, 11) is 1.85. The number of benzene rings is 1. The minimum atomic E-state index is 0.246. The van der Waals surface area contributed by atoms with Crippen molar-refractivity contribution in [1.29, 1.82) is 0 Å². The van der Waals surface area contributed by atoms with Crippen LogP contribution in [0.5, 0.6) is 5.75 Å². The maximum atomic E-state index is 9.32. The summed E-state index contributed by atoms with van der Waals surface area (Å²) in [5.74, 6) is 2.29. The van der Waals surface area contributed by atoms with E-state index in [0.29, 0.717) is 11.7 Å². The highest BCUT2D eigenvalue weighted by atomic mass is 16.3. The molecule has 2 aromatic rings. The van der Waals surface area contributed by atoms with Crippen molar-refractivity contribution in [2.45, 2.75) is 20.3 Å². The van der Waals surface area contributed by atoms with Crippen molar-refractivity contribution in [2.75, 3.05) is 12.4 Å². The summed E-state index contributed by atoms with van der Waals surface area (Å²) < 4.78 is 0. The zero-order valence-electron chi connectivity index (χ0n) is 11.5. The predicted molar refractivity (Wildman–Crippen MR) is 77.2 cm³/mol. The number of nitrogens with one attached hydrogen (secondary N) is 1. The summed E-state index contributed by atoms with van der Waals surface area (Å²) in [4.78, 5) is 9.04. The molecule has 0 unspecified atom stereocenters. The van der Waals surface area contributed by atoms with E-state index in [-0.39, 0.29) is 5.75 Å². The minimum Gasteiger partial charge on any atom is -0.508 e. The van der Waals surface area contributed by atoms with Gasteiger partial charge < -0.3 is 10.4 Å². The van der Waals surface area contributed by atoms with Crippen LogP contribution in [0.1, 0.15) is 19.5 Å². The highest BCUT2D eigenvalue weighted by molar-refractivity contribution is 5.58. The normalized spacial score (nSPS) is 10.7. The van der Waals surface area contributed by atoms with Crippen LogP contribution < -0.4 is 5.32 Å². The van der Waals surface area contributed by atoms with Gasteiger partial charge in [-0.3, -0.25) is 0 Å². The molecule has 0 fully saturated rings. The van der Waals surface area contributed by atoms with Gasteiger partial charge in [0.05, 0.1) is 0 Å². The molecule has 0 aliphatic rings. The Morgan fingerprint density at radius 2 is 1.84 bits per heavy atom. The van der Waals surface area contributed by atoms with Gasteiger partial charge in [0, 0.05) is 24.4 Å². The Morgan fingerprint density at radius 3 is 2.42 bits per heavy atom. The van der Waals surface area contributed by atoms with Gasteiger partial charge in [0.15, 0.2) is 5.82 Å². The summed E-state index contributed by atoms with van der Waals surface area (Å²) in [6.07, 6.45) is 0.919. The lowest BCUT2D eigenvalue weighted by atomic mass is 10.1. The third-order valence-electron chi connectivity index (χ3n) is 2.78. The highest BCUT2D eigenvalue weighted by Gasteiger charge is 2.08. The Labute approximate surface area is 113 Å². The van der Waals surface area contributed by atoms with E-state index < -0.39 is 0 Å². The number of aromatic hydroxyl groups is 1. The summed E-state index contributed by atoms with van der Waals surface area (Å²) in [5, 5.41) is 12.4. The van der Waals surface area contributed by atoms with Crippen molar-refractivity contribution < 1.29 is 5.11 Å². The molecule has 0 radical (unpaired) electrons. The molecule has 1 heterocycles. The Hall–Kier alpha value is -2.10. The fraction of sp³-hybridized carbons (Fsp3) is 0.333. The van der Waals surface area contributed by atoms with Gasteiger partial charge in [0.2, 0.25) is 0 Å². The second-order valence-corrected chi connectivity index (χ2v) is 4.96. The van der Waals surface area contributed by atoms with Crippen LogP contribution in [0.2, 0.25) is 0 Å². The van der Waals surface area contributed by atoms with E-state index in [4.69, 9.17) is 0 Å². The fourth-order valence-corrected chi connectivity index (χ4v) is 1.89. The van der Waals surface area contributed by atoms with Crippen LogP contribution >= 0.6 is 0 Å². The number of hydrogen-bond acceptors (Lipinski definition) is 4. The van der Waals surface area contributed by atoms with Gasteiger partial charge in [-0.2, -0.15) is 0 Å². The minimum absolute atomic E-state index is 0.246. The Bertz CT molecular complexity index is 550. The maximum absolute atomic E-state index is 9.32. The molecule has 2 N–H and O–H groups in total. The summed E-state index contributed by atoms with van der Waals surface area (Å²) in [5.41, 5.74) is 1.93. The summed E-state index contributed by atoms with van der Waals surface area (Å²) >= 11 is 0. The number of rotatable bonds is 4. The molecule has 0 aliphatic heterocycles. The van der Waals surface area contributed by atoms with Crippen molar-refractivity contribution in [2.24, 2.45) is 5.92 Å². The van der Waals surface area contributed by atoms with E-state index >= 15 is 0 Å². The molecule has 0 aliphatic carbocycles. The van der Waals surface area contributed by atoms with Crippen LogP contribution in [0, 0.1) is 5.92 Å². The molecule has 0 bridgehead atoms. The predicted octanol–water partition coefficient (Wildman–Crippen LogP) is 3.09. The number of phenols is 1. The molecule has 1 aromatic carbocycles. The van der Waals surface area contributed by atoms with Crippen LogP contribution in [-0.2, 0) is 6.42 Å². The SMILES string of the molecule is CNc1cc(CC(C)C)nc(-c2ccc(O)cc2)n1. The van der Waals surface area contributed by atoms with Crippen LogP contribution in [0.4, 0.5) is 5.82 Å². The number of hydrogen-bond donors (Lipinski definition) is 2. The molecule has 19 heavy (non-hydrogen) atoms. The number of aromatic nitrogens is 2. The van der Waals surface area contributed by atoms with E-state index in [2.05, 4.69) is 29.1 Å². The van der Waals surface area contributed by atoms with Gasteiger partial charge in [-0.05, 0) is 36.6 Å². The zero-order chi connectivity index (χ0) is 13.8. The molecule has 4 nitrogen and oxygen atoms in total. The molecule has 4 heteroatoms. The van der Waals surface area contributed by atoms with Gasteiger partial charge in [0.1, 0.15) is 11.6 Å². The molecule has 2 rings (SSSR count). The van der Waals surface area contributed by atoms with Crippen molar-refractivity contribution in [3.63, 3.8) is 0 Å². The maximum Gasteiger partial charge on any atom is 0.161 e. The topological polar surface area (TPSA) is 58.0 Å². The van der Waals surface area contributed by atoms with E-state index in [1.807, 2.05) is 25.2 Å². The molecule has 1 aromatic heterocycles. The first kappa shape index (κ1) is 13.3. The van der Waals surface area contributed by atoms with Crippen molar-refractivity contribution in [3.8, 4) is 17.1 Å². The van der Waals surface area contributed by atoms with E-state index in [1.165, 1.54) is 0 Å². The smallest absolute Gasteiger partial charge is 0.161 e. The Morgan fingerprint density at radius 1 is 1.16 bits per heavy atom.